The van der Waals surface area contributed by atoms with Crippen LogP contribution in [0, 0.1) is 17.2 Å². The Balaban J connectivity index is 1.92. The van der Waals surface area contributed by atoms with Gasteiger partial charge < -0.3 is 0 Å². The summed E-state index contributed by atoms with van der Waals surface area (Å²) >= 11 is 0. The van der Waals surface area contributed by atoms with Crippen molar-refractivity contribution in [2.75, 3.05) is 5.75 Å². The minimum Gasteiger partial charge on any atom is -0.263 e. The van der Waals surface area contributed by atoms with Gasteiger partial charge in [-0.2, -0.15) is 5.26 Å². The minimum atomic E-state index is -3.64. The van der Waals surface area contributed by atoms with Gasteiger partial charge in [0.1, 0.15) is 6.07 Å². The fraction of sp³-hybridized carbons (Fsp3) is 0.571. The molecule has 0 spiro atoms. The highest BCUT2D eigenvalue weighted by Crippen LogP contribution is 2.37. The Kier molecular flexibility index (Phi) is 5.08. The highest BCUT2D eigenvalue weighted by molar-refractivity contribution is 7.89. The zero-order valence-corrected chi connectivity index (χ0v) is 12.7. The van der Waals surface area contributed by atoms with Crippen LogP contribution in [0.5, 0.6) is 0 Å². The predicted molar refractivity (Wildman–Crippen MR) is 76.5 cm³/mol. The molecule has 5 nitrogen and oxygen atoms in total. The van der Waals surface area contributed by atoms with Gasteiger partial charge in [-0.15, -0.1) is 0 Å². The molecular weight excluding hydrogens is 312 g/mol. The number of sulfonamides is 1. The molecule has 0 amide bonds. The average Bonchev–Trinajstić information content (AvgIpc) is 2.44. The molecule has 1 N–H and O–H groups in total. The van der Waals surface area contributed by atoms with Crippen molar-refractivity contribution in [2.45, 2.75) is 38.2 Å². The van der Waals surface area contributed by atoms with Gasteiger partial charge >= 0.3 is 0 Å². The molecule has 1 fully saturated rings. The molecule has 0 unspecified atom stereocenters. The Morgan fingerprint density at radius 1 is 1.45 bits per heavy atom. The summed E-state index contributed by atoms with van der Waals surface area (Å²) in [6.45, 7) is -0.00599. The summed E-state index contributed by atoms with van der Waals surface area (Å²) in [7, 11) is -3.64. The van der Waals surface area contributed by atoms with E-state index in [-0.39, 0.29) is 25.1 Å². The number of alkyl halides is 2. The van der Waals surface area contributed by atoms with E-state index in [0.29, 0.717) is 24.0 Å². The van der Waals surface area contributed by atoms with Crippen molar-refractivity contribution in [3.05, 3.63) is 29.6 Å². The molecule has 22 heavy (non-hydrogen) atoms. The lowest BCUT2D eigenvalue weighted by atomic mass is 9.88. The first kappa shape index (κ1) is 16.8. The van der Waals surface area contributed by atoms with Gasteiger partial charge in [0.2, 0.25) is 15.9 Å². The first-order chi connectivity index (χ1) is 10.3. The maximum atomic E-state index is 13.3. The number of hydrogen-bond acceptors (Lipinski definition) is 4. The molecule has 8 heteroatoms. The molecule has 0 bridgehead atoms. The Labute approximate surface area is 128 Å². The van der Waals surface area contributed by atoms with Crippen molar-refractivity contribution >= 4 is 10.0 Å². The lowest BCUT2D eigenvalue weighted by Gasteiger charge is -2.28. The second-order valence-electron chi connectivity index (χ2n) is 5.61. The molecule has 1 heterocycles. The lowest BCUT2D eigenvalue weighted by Crippen LogP contribution is -2.34. The summed E-state index contributed by atoms with van der Waals surface area (Å²) in [5.74, 6) is -3.58. The molecule has 0 aromatic carbocycles. The van der Waals surface area contributed by atoms with Crippen molar-refractivity contribution in [1.82, 2.24) is 9.71 Å². The largest absolute Gasteiger partial charge is 0.263 e. The zero-order chi connectivity index (χ0) is 16.2. The quantitative estimate of drug-likeness (QED) is 0.897. The van der Waals surface area contributed by atoms with E-state index in [1.54, 1.807) is 0 Å². The molecule has 0 aliphatic heterocycles. The minimum absolute atomic E-state index is 0.00599. The number of hydrogen-bond donors (Lipinski definition) is 1. The van der Waals surface area contributed by atoms with Crippen LogP contribution in [0.25, 0.3) is 0 Å². The third-order valence-corrected chi connectivity index (χ3v) is 5.11. The SMILES string of the molecule is N#Cc1cncc(CNS(=O)(=O)C[C@H]2CCCC(F)(F)C2)c1. The van der Waals surface area contributed by atoms with E-state index in [0.717, 1.165) is 0 Å². The van der Waals surface area contributed by atoms with Crippen LogP contribution >= 0.6 is 0 Å². The van der Waals surface area contributed by atoms with Crippen LogP contribution in [0.4, 0.5) is 8.78 Å². The number of nitrogens with one attached hydrogen (secondary N) is 1. The Hall–Kier alpha value is -1.59. The summed E-state index contributed by atoms with van der Waals surface area (Å²) in [5.41, 5.74) is 0.889. The molecule has 0 radical (unpaired) electrons. The Bertz CT molecular complexity index is 671. The summed E-state index contributed by atoms with van der Waals surface area (Å²) in [6.07, 6.45) is 3.15. The third kappa shape index (κ3) is 5.00. The van der Waals surface area contributed by atoms with E-state index in [2.05, 4.69) is 9.71 Å². The molecule has 0 saturated heterocycles. The molecule has 1 aliphatic rings. The standard InChI is InChI=1S/C14H17F2N3O2S/c15-14(16)3-1-2-11(5-14)10-22(20,21)19-9-13-4-12(6-17)7-18-8-13/h4,7-8,11,19H,1-3,5,9-10H2/t11-/m0/s1. The number of halogens is 2. The highest BCUT2D eigenvalue weighted by Gasteiger charge is 2.37. The van der Waals surface area contributed by atoms with E-state index in [4.69, 9.17) is 5.26 Å². The smallest absolute Gasteiger partial charge is 0.248 e. The van der Waals surface area contributed by atoms with Crippen LogP contribution < -0.4 is 4.72 Å². The van der Waals surface area contributed by atoms with Crippen LogP contribution in [-0.2, 0) is 16.6 Å². The van der Waals surface area contributed by atoms with Gasteiger partial charge in [0.15, 0.2) is 0 Å². The molecule has 1 saturated carbocycles. The second-order valence-corrected chi connectivity index (χ2v) is 7.47. The Morgan fingerprint density at radius 2 is 2.23 bits per heavy atom. The van der Waals surface area contributed by atoms with Gasteiger partial charge in [-0.25, -0.2) is 21.9 Å². The van der Waals surface area contributed by atoms with E-state index in [9.17, 15) is 17.2 Å². The van der Waals surface area contributed by atoms with Gasteiger partial charge in [-0.1, -0.05) is 0 Å². The van der Waals surface area contributed by atoms with Crippen LogP contribution in [0.1, 0.15) is 36.8 Å². The highest BCUT2D eigenvalue weighted by atomic mass is 32.2. The van der Waals surface area contributed by atoms with Gasteiger partial charge in [0.05, 0.1) is 11.3 Å². The van der Waals surface area contributed by atoms with Gasteiger partial charge in [0.25, 0.3) is 0 Å². The number of nitriles is 1. The number of rotatable bonds is 5. The molecule has 2 rings (SSSR count). The third-order valence-electron chi connectivity index (χ3n) is 3.62. The molecular formula is C14H17F2N3O2S. The zero-order valence-electron chi connectivity index (χ0n) is 11.9. The molecule has 1 atom stereocenters. The second kappa shape index (κ2) is 6.67. The van der Waals surface area contributed by atoms with Crippen molar-refractivity contribution < 1.29 is 17.2 Å². The molecule has 1 aromatic heterocycles. The monoisotopic (exact) mass is 329 g/mol. The molecule has 1 aliphatic carbocycles. The molecule has 1 aromatic rings. The van der Waals surface area contributed by atoms with E-state index in [1.165, 1.54) is 18.5 Å². The van der Waals surface area contributed by atoms with Crippen LogP contribution in [0.2, 0.25) is 0 Å². The first-order valence-electron chi connectivity index (χ1n) is 6.99. The van der Waals surface area contributed by atoms with Gasteiger partial charge in [-0.05, 0) is 30.4 Å². The van der Waals surface area contributed by atoms with E-state index in [1.807, 2.05) is 6.07 Å². The molecule has 120 valence electrons. The van der Waals surface area contributed by atoms with Crippen molar-refractivity contribution in [3.63, 3.8) is 0 Å². The normalized spacial score (nSPS) is 21.2. The van der Waals surface area contributed by atoms with Crippen LogP contribution in [-0.4, -0.2) is 25.1 Å². The van der Waals surface area contributed by atoms with Gasteiger partial charge in [-0.3, -0.25) is 4.98 Å². The summed E-state index contributed by atoms with van der Waals surface area (Å²) in [4.78, 5) is 3.83. The lowest BCUT2D eigenvalue weighted by molar-refractivity contribution is -0.0489. The van der Waals surface area contributed by atoms with Crippen molar-refractivity contribution in [1.29, 1.82) is 5.26 Å². The van der Waals surface area contributed by atoms with Gasteiger partial charge in [0, 0.05) is 31.8 Å². The predicted octanol–water partition coefficient (Wildman–Crippen LogP) is 2.20. The van der Waals surface area contributed by atoms with Crippen molar-refractivity contribution in [3.8, 4) is 6.07 Å². The van der Waals surface area contributed by atoms with E-state index < -0.39 is 21.9 Å². The summed E-state index contributed by atoms with van der Waals surface area (Å²) in [6, 6.07) is 3.45. The maximum Gasteiger partial charge on any atom is 0.248 e. The van der Waals surface area contributed by atoms with Crippen molar-refractivity contribution in [2.24, 2.45) is 5.92 Å². The average molecular weight is 329 g/mol. The number of nitrogens with zero attached hydrogens (tertiary/aromatic N) is 2. The number of aromatic nitrogens is 1. The summed E-state index contributed by atoms with van der Waals surface area (Å²) < 4.78 is 53.0. The van der Waals surface area contributed by atoms with Crippen LogP contribution in [0.15, 0.2) is 18.5 Å². The number of pyridine rings is 1. The van der Waals surface area contributed by atoms with E-state index >= 15 is 0 Å². The fourth-order valence-corrected chi connectivity index (χ4v) is 4.04. The fourth-order valence-electron chi connectivity index (χ4n) is 2.63. The Morgan fingerprint density at radius 3 is 2.91 bits per heavy atom. The summed E-state index contributed by atoms with van der Waals surface area (Å²) in [5, 5.41) is 8.76. The topological polar surface area (TPSA) is 82.8 Å². The maximum absolute atomic E-state index is 13.3. The first-order valence-corrected chi connectivity index (χ1v) is 8.64. The van der Waals surface area contributed by atoms with Crippen LogP contribution in [0.3, 0.4) is 0 Å².